The van der Waals surface area contributed by atoms with Crippen molar-refractivity contribution in [2.75, 3.05) is 25.6 Å². The van der Waals surface area contributed by atoms with Crippen LogP contribution in [0.15, 0.2) is 60.8 Å². The minimum absolute atomic E-state index is 0.0778. The fourth-order valence-electron chi connectivity index (χ4n) is 3.62. The number of ether oxygens (including phenoxy) is 2. The molecule has 188 valence electrons. The highest BCUT2D eigenvalue weighted by Gasteiger charge is 2.13. The van der Waals surface area contributed by atoms with Gasteiger partial charge in [-0.25, -0.2) is 9.67 Å². The maximum atomic E-state index is 12.3. The summed E-state index contributed by atoms with van der Waals surface area (Å²) in [6, 6.07) is 18.6. The molecule has 1 aromatic carbocycles. The van der Waals surface area contributed by atoms with Gasteiger partial charge in [-0.15, -0.1) is 5.10 Å². The molecular weight excluding hydrogens is 470 g/mol. The first-order valence-electron chi connectivity index (χ1n) is 11.8. The van der Waals surface area contributed by atoms with Crippen LogP contribution in [0.25, 0.3) is 22.5 Å². The first kappa shape index (κ1) is 25.6. The highest BCUT2D eigenvalue weighted by Crippen LogP contribution is 2.27. The summed E-state index contributed by atoms with van der Waals surface area (Å²) in [4.78, 5) is 21.5. The van der Waals surface area contributed by atoms with Crippen molar-refractivity contribution in [1.29, 1.82) is 5.26 Å². The van der Waals surface area contributed by atoms with E-state index >= 15 is 0 Å². The molecule has 0 aliphatic rings. The Morgan fingerprint density at radius 2 is 1.95 bits per heavy atom. The lowest BCUT2D eigenvalue weighted by Gasteiger charge is -2.10. The fraction of sp³-hybridized carbons (Fsp3) is 0.259. The number of aromatic nitrogens is 5. The van der Waals surface area contributed by atoms with Crippen molar-refractivity contribution in [2.45, 2.75) is 26.5 Å². The lowest BCUT2D eigenvalue weighted by atomic mass is 10.1. The normalized spacial score (nSPS) is 11.6. The zero-order valence-electron chi connectivity index (χ0n) is 20.9. The maximum Gasteiger partial charge on any atom is 0.251 e. The molecule has 3 heterocycles. The number of carbonyl (C=O) groups is 1. The van der Waals surface area contributed by atoms with E-state index in [4.69, 9.17) is 9.47 Å². The van der Waals surface area contributed by atoms with Crippen LogP contribution in [0.4, 0.5) is 5.82 Å². The topological polar surface area (TPSA) is 128 Å². The zero-order valence-corrected chi connectivity index (χ0v) is 20.9. The molecule has 10 nitrogen and oxygen atoms in total. The molecule has 0 radical (unpaired) electrons. The van der Waals surface area contributed by atoms with Crippen molar-refractivity contribution < 1.29 is 14.3 Å². The van der Waals surface area contributed by atoms with Gasteiger partial charge in [0.1, 0.15) is 18.1 Å². The molecule has 0 saturated heterocycles. The number of pyridine rings is 2. The van der Waals surface area contributed by atoms with Crippen LogP contribution in [0.5, 0.6) is 0 Å². The van der Waals surface area contributed by atoms with Gasteiger partial charge in [0.15, 0.2) is 0 Å². The summed E-state index contributed by atoms with van der Waals surface area (Å²) in [7, 11) is 1.65. The number of anilines is 1. The van der Waals surface area contributed by atoms with E-state index in [0.29, 0.717) is 41.5 Å². The Balaban J connectivity index is 1.65. The molecule has 0 saturated carbocycles. The molecule has 10 heteroatoms. The van der Waals surface area contributed by atoms with Crippen LogP contribution >= 0.6 is 0 Å². The molecule has 0 aliphatic heterocycles. The molecular formula is C27H27N7O3. The van der Waals surface area contributed by atoms with Crippen LogP contribution in [-0.4, -0.2) is 51.2 Å². The SMILES string of the molecule is CCOCC(=O)Nc1cc(-c2cn(Cc3cccc(C(C)OC)n3)nn2)cc(-c2cccc(C#N)c2)n1. The van der Waals surface area contributed by atoms with Crippen molar-refractivity contribution in [3.63, 3.8) is 0 Å². The Morgan fingerprint density at radius 3 is 2.73 bits per heavy atom. The van der Waals surface area contributed by atoms with E-state index in [1.807, 2.05) is 50.4 Å². The van der Waals surface area contributed by atoms with Gasteiger partial charge in [0.05, 0.1) is 47.6 Å². The molecule has 0 spiro atoms. The van der Waals surface area contributed by atoms with Gasteiger partial charge in [-0.05, 0) is 50.2 Å². The lowest BCUT2D eigenvalue weighted by Crippen LogP contribution is -2.19. The van der Waals surface area contributed by atoms with E-state index in [0.717, 1.165) is 17.0 Å². The quantitative estimate of drug-likeness (QED) is 0.348. The average molecular weight is 498 g/mol. The third-order valence-corrected chi connectivity index (χ3v) is 5.57. The smallest absolute Gasteiger partial charge is 0.251 e. The second-order valence-corrected chi connectivity index (χ2v) is 8.24. The lowest BCUT2D eigenvalue weighted by molar-refractivity contribution is -0.120. The van der Waals surface area contributed by atoms with Crippen molar-refractivity contribution in [3.8, 4) is 28.6 Å². The molecule has 1 amide bonds. The first-order chi connectivity index (χ1) is 18.0. The van der Waals surface area contributed by atoms with Crippen LogP contribution in [0.3, 0.4) is 0 Å². The monoisotopic (exact) mass is 497 g/mol. The van der Waals surface area contributed by atoms with Crippen molar-refractivity contribution in [2.24, 2.45) is 0 Å². The number of nitriles is 1. The third kappa shape index (κ3) is 6.61. The van der Waals surface area contributed by atoms with Gasteiger partial charge < -0.3 is 14.8 Å². The molecule has 0 aliphatic carbocycles. The van der Waals surface area contributed by atoms with Gasteiger partial charge in [0.2, 0.25) is 0 Å². The van der Waals surface area contributed by atoms with Gasteiger partial charge in [-0.1, -0.05) is 23.4 Å². The molecule has 1 atom stereocenters. The minimum atomic E-state index is -0.317. The van der Waals surface area contributed by atoms with Gasteiger partial charge >= 0.3 is 0 Å². The van der Waals surface area contributed by atoms with E-state index in [1.165, 1.54) is 0 Å². The van der Waals surface area contributed by atoms with Gasteiger partial charge in [0, 0.05) is 24.8 Å². The van der Waals surface area contributed by atoms with Crippen LogP contribution in [0, 0.1) is 11.3 Å². The molecule has 0 fully saturated rings. The van der Waals surface area contributed by atoms with Crippen LogP contribution in [-0.2, 0) is 20.8 Å². The Bertz CT molecular complexity index is 1430. The predicted octanol–water partition coefficient (Wildman–Crippen LogP) is 4.00. The number of methoxy groups -OCH3 is 1. The second-order valence-electron chi connectivity index (χ2n) is 8.24. The number of rotatable bonds is 10. The van der Waals surface area contributed by atoms with Crippen molar-refractivity contribution in [3.05, 3.63) is 77.7 Å². The summed E-state index contributed by atoms with van der Waals surface area (Å²) in [5, 5.41) is 20.7. The first-order valence-corrected chi connectivity index (χ1v) is 11.8. The van der Waals surface area contributed by atoms with Crippen molar-refractivity contribution in [1.82, 2.24) is 25.0 Å². The number of hydrogen-bond donors (Lipinski definition) is 1. The van der Waals surface area contributed by atoms with Crippen LogP contribution in [0.1, 0.15) is 36.9 Å². The molecule has 4 rings (SSSR count). The molecule has 1 N–H and O–H groups in total. The van der Waals surface area contributed by atoms with Crippen LogP contribution < -0.4 is 5.32 Å². The van der Waals surface area contributed by atoms with E-state index < -0.39 is 0 Å². The number of carbonyl (C=O) groups excluding carboxylic acids is 1. The molecule has 37 heavy (non-hydrogen) atoms. The summed E-state index contributed by atoms with van der Waals surface area (Å²) >= 11 is 0. The summed E-state index contributed by atoms with van der Waals surface area (Å²) in [6.07, 6.45) is 1.70. The molecule has 4 aromatic rings. The second kappa shape index (κ2) is 12.0. The maximum absolute atomic E-state index is 12.3. The van der Waals surface area contributed by atoms with Gasteiger partial charge in [0.25, 0.3) is 5.91 Å². The average Bonchev–Trinajstić information content (AvgIpc) is 3.40. The van der Waals surface area contributed by atoms with E-state index in [1.54, 1.807) is 36.1 Å². The fourth-order valence-corrected chi connectivity index (χ4v) is 3.62. The van der Waals surface area contributed by atoms with E-state index in [9.17, 15) is 10.1 Å². The highest BCUT2D eigenvalue weighted by atomic mass is 16.5. The summed E-state index contributed by atoms with van der Waals surface area (Å²) in [5.41, 5.74) is 4.80. The summed E-state index contributed by atoms with van der Waals surface area (Å²) in [5.74, 6) is 0.0279. The Morgan fingerprint density at radius 1 is 1.11 bits per heavy atom. The number of benzene rings is 1. The Hall–Kier alpha value is -4.46. The predicted molar refractivity (Wildman–Crippen MR) is 137 cm³/mol. The zero-order chi connectivity index (χ0) is 26.2. The molecule has 1 unspecified atom stereocenters. The molecule has 0 bridgehead atoms. The third-order valence-electron chi connectivity index (χ3n) is 5.57. The minimum Gasteiger partial charge on any atom is -0.375 e. The largest absolute Gasteiger partial charge is 0.375 e. The summed E-state index contributed by atoms with van der Waals surface area (Å²) in [6.45, 7) is 4.54. The highest BCUT2D eigenvalue weighted by molar-refractivity contribution is 5.91. The number of nitrogens with zero attached hydrogens (tertiary/aromatic N) is 6. The standard InChI is InChI=1S/C27H27N7O3/c1-4-37-17-27(35)31-26-13-21(12-24(30-26)20-8-5-7-19(11-20)14-28)25-16-34(33-32-25)15-22-9-6-10-23(29-22)18(2)36-3/h5-13,16,18H,4,15,17H2,1-3H3,(H,30,31,35). The van der Waals surface area contributed by atoms with E-state index in [2.05, 4.69) is 31.7 Å². The number of amides is 1. The van der Waals surface area contributed by atoms with Crippen molar-refractivity contribution >= 4 is 11.7 Å². The number of nitrogens with one attached hydrogen (secondary N) is 1. The van der Waals surface area contributed by atoms with Gasteiger partial charge in [-0.3, -0.25) is 9.78 Å². The van der Waals surface area contributed by atoms with E-state index in [-0.39, 0.29) is 18.6 Å². The Labute approximate surface area is 214 Å². The number of hydrogen-bond acceptors (Lipinski definition) is 8. The summed E-state index contributed by atoms with van der Waals surface area (Å²) < 4.78 is 12.3. The van der Waals surface area contributed by atoms with Crippen LogP contribution in [0.2, 0.25) is 0 Å². The van der Waals surface area contributed by atoms with Gasteiger partial charge in [-0.2, -0.15) is 5.26 Å². The molecule has 3 aromatic heterocycles. The Kier molecular flexibility index (Phi) is 8.30.